The van der Waals surface area contributed by atoms with Gasteiger partial charge in [0.15, 0.2) is 5.82 Å². The average Bonchev–Trinajstić information content (AvgIpc) is 3.31. The maximum absolute atomic E-state index is 10.9. The fourth-order valence-corrected chi connectivity index (χ4v) is 6.26. The van der Waals surface area contributed by atoms with Crippen LogP contribution in [-0.2, 0) is 7.05 Å². The number of nitrogens with one attached hydrogen (secondary N) is 3. The summed E-state index contributed by atoms with van der Waals surface area (Å²) in [6.07, 6.45) is 8.90. The van der Waals surface area contributed by atoms with E-state index in [0.717, 1.165) is 42.0 Å². The van der Waals surface area contributed by atoms with Gasteiger partial charge in [-0.05, 0) is 56.8 Å². The van der Waals surface area contributed by atoms with Crippen molar-refractivity contribution in [3.8, 4) is 11.3 Å². The first-order chi connectivity index (χ1) is 14.9. The summed E-state index contributed by atoms with van der Waals surface area (Å²) in [5.74, 6) is 3.64. The summed E-state index contributed by atoms with van der Waals surface area (Å²) >= 11 is 0. The molecule has 9 nitrogen and oxygen atoms in total. The van der Waals surface area contributed by atoms with Gasteiger partial charge < -0.3 is 15.7 Å². The summed E-state index contributed by atoms with van der Waals surface area (Å²) in [5, 5.41) is 29.4. The van der Waals surface area contributed by atoms with Crippen molar-refractivity contribution in [3.05, 3.63) is 30.2 Å². The Morgan fingerprint density at radius 3 is 2.58 bits per heavy atom. The fraction of sp³-hybridized carbons (Fsp3) is 0.545. The molecule has 4 fully saturated rings. The Bertz CT molecular complexity index is 1100. The Hall–Kier alpha value is -2.94. The van der Waals surface area contributed by atoms with Crippen molar-refractivity contribution in [1.82, 2.24) is 29.9 Å². The van der Waals surface area contributed by atoms with Crippen LogP contribution in [0, 0.1) is 24.7 Å². The van der Waals surface area contributed by atoms with E-state index in [-0.39, 0.29) is 0 Å². The number of nitrogens with zero attached hydrogens (tertiary/aromatic N) is 5. The molecule has 0 spiro atoms. The molecule has 4 N–H and O–H groups in total. The van der Waals surface area contributed by atoms with Crippen LogP contribution in [0.15, 0.2) is 24.5 Å². The molecular weight excluding hydrogens is 392 g/mol. The molecule has 4 bridgehead atoms. The summed E-state index contributed by atoms with van der Waals surface area (Å²) in [7, 11) is 1.90. The second-order valence-corrected chi connectivity index (χ2v) is 9.79. The summed E-state index contributed by atoms with van der Waals surface area (Å²) < 4.78 is 1.77. The number of aliphatic hydroxyl groups is 1. The number of rotatable bonds is 5. The molecular formula is C22H28N8O. The third-order valence-corrected chi connectivity index (χ3v) is 7.23. The van der Waals surface area contributed by atoms with Gasteiger partial charge in [0.05, 0.1) is 17.5 Å². The molecule has 4 saturated carbocycles. The SMILES string of the molecule is Cc1cc(Nc2cc(-c3cnn(C)c3)nc(NC3C4CC5CC3CC(O)(C5)C4)n2)n[nH]1. The second-order valence-electron chi connectivity index (χ2n) is 9.79. The van der Waals surface area contributed by atoms with Gasteiger partial charge in [-0.25, -0.2) is 4.98 Å². The van der Waals surface area contributed by atoms with Gasteiger partial charge in [-0.2, -0.15) is 15.2 Å². The zero-order valence-electron chi connectivity index (χ0n) is 17.8. The number of hydrogen-bond donors (Lipinski definition) is 4. The van der Waals surface area contributed by atoms with Crippen molar-refractivity contribution in [2.45, 2.75) is 50.7 Å². The van der Waals surface area contributed by atoms with Gasteiger partial charge in [-0.3, -0.25) is 9.78 Å². The maximum Gasteiger partial charge on any atom is 0.225 e. The van der Waals surface area contributed by atoms with E-state index < -0.39 is 5.60 Å². The minimum absolute atomic E-state index is 0.307. The quantitative estimate of drug-likeness (QED) is 0.501. The highest BCUT2D eigenvalue weighted by Gasteiger charge is 2.54. The van der Waals surface area contributed by atoms with Crippen LogP contribution in [0.5, 0.6) is 0 Å². The first kappa shape index (κ1) is 18.8. The topological polar surface area (TPSA) is 117 Å². The van der Waals surface area contributed by atoms with E-state index in [2.05, 4.69) is 25.9 Å². The van der Waals surface area contributed by atoms with Crippen LogP contribution in [0.25, 0.3) is 11.3 Å². The highest BCUT2D eigenvalue weighted by molar-refractivity contribution is 5.65. The van der Waals surface area contributed by atoms with E-state index in [0.29, 0.717) is 35.6 Å². The molecule has 162 valence electrons. The molecule has 2 atom stereocenters. The van der Waals surface area contributed by atoms with Crippen LogP contribution in [0.3, 0.4) is 0 Å². The molecule has 0 amide bonds. The Morgan fingerprint density at radius 1 is 1.13 bits per heavy atom. The van der Waals surface area contributed by atoms with Crippen molar-refractivity contribution in [3.63, 3.8) is 0 Å². The summed E-state index contributed by atoms with van der Waals surface area (Å²) in [4.78, 5) is 9.59. The predicted molar refractivity (Wildman–Crippen MR) is 117 cm³/mol. The molecule has 4 aliphatic carbocycles. The number of aromatic amines is 1. The first-order valence-electron chi connectivity index (χ1n) is 11.1. The van der Waals surface area contributed by atoms with Gasteiger partial charge in [-0.1, -0.05) is 0 Å². The molecule has 9 heteroatoms. The van der Waals surface area contributed by atoms with Crippen LogP contribution in [0.1, 0.15) is 37.8 Å². The highest BCUT2D eigenvalue weighted by atomic mass is 16.3. The van der Waals surface area contributed by atoms with E-state index >= 15 is 0 Å². The zero-order chi connectivity index (χ0) is 21.2. The zero-order valence-corrected chi connectivity index (χ0v) is 17.8. The number of aryl methyl sites for hydroxylation is 2. The maximum atomic E-state index is 10.9. The van der Waals surface area contributed by atoms with Crippen molar-refractivity contribution in [2.24, 2.45) is 24.8 Å². The van der Waals surface area contributed by atoms with Gasteiger partial charge in [0.25, 0.3) is 0 Å². The lowest BCUT2D eigenvalue weighted by Crippen LogP contribution is -2.59. The predicted octanol–water partition coefficient (Wildman–Crippen LogP) is 3.00. The van der Waals surface area contributed by atoms with Crippen LogP contribution in [-0.4, -0.2) is 46.7 Å². The number of aromatic nitrogens is 6. The van der Waals surface area contributed by atoms with Crippen molar-refractivity contribution in [1.29, 1.82) is 0 Å². The van der Waals surface area contributed by atoms with Crippen LogP contribution in [0.4, 0.5) is 17.6 Å². The third kappa shape index (κ3) is 3.46. The fourth-order valence-electron chi connectivity index (χ4n) is 6.26. The molecule has 0 radical (unpaired) electrons. The van der Waals surface area contributed by atoms with E-state index in [1.165, 1.54) is 12.8 Å². The minimum atomic E-state index is -0.447. The molecule has 4 aliphatic rings. The second kappa shape index (κ2) is 6.78. The number of hydrogen-bond acceptors (Lipinski definition) is 7. The number of anilines is 3. The van der Waals surface area contributed by atoms with E-state index in [9.17, 15) is 5.11 Å². The van der Waals surface area contributed by atoms with Crippen molar-refractivity contribution in [2.75, 3.05) is 10.6 Å². The van der Waals surface area contributed by atoms with Gasteiger partial charge >= 0.3 is 0 Å². The van der Waals surface area contributed by atoms with E-state index in [1.807, 2.05) is 38.5 Å². The number of H-pyrrole nitrogens is 1. The van der Waals surface area contributed by atoms with Gasteiger partial charge in [0, 0.05) is 42.7 Å². The highest BCUT2D eigenvalue weighted by Crippen LogP contribution is 2.56. The molecule has 3 heterocycles. The molecule has 0 aromatic carbocycles. The molecule has 0 aliphatic heterocycles. The van der Waals surface area contributed by atoms with Crippen molar-refractivity contribution >= 4 is 17.6 Å². The minimum Gasteiger partial charge on any atom is -0.390 e. The Labute approximate surface area is 180 Å². The largest absolute Gasteiger partial charge is 0.390 e. The lowest BCUT2D eigenvalue weighted by molar-refractivity contribution is -0.129. The Balaban J connectivity index is 1.32. The molecule has 7 rings (SSSR count). The third-order valence-electron chi connectivity index (χ3n) is 7.23. The Morgan fingerprint density at radius 2 is 1.94 bits per heavy atom. The van der Waals surface area contributed by atoms with Crippen LogP contribution in [0.2, 0.25) is 0 Å². The van der Waals surface area contributed by atoms with Crippen LogP contribution < -0.4 is 10.6 Å². The smallest absolute Gasteiger partial charge is 0.225 e. The summed E-state index contributed by atoms with van der Waals surface area (Å²) in [5.41, 5.74) is 2.28. The van der Waals surface area contributed by atoms with E-state index in [4.69, 9.17) is 9.97 Å². The van der Waals surface area contributed by atoms with E-state index in [1.54, 1.807) is 4.68 Å². The molecule has 3 aromatic rings. The van der Waals surface area contributed by atoms with Crippen LogP contribution >= 0.6 is 0 Å². The average molecular weight is 421 g/mol. The molecule has 2 unspecified atom stereocenters. The van der Waals surface area contributed by atoms with Crippen molar-refractivity contribution < 1.29 is 5.11 Å². The first-order valence-corrected chi connectivity index (χ1v) is 11.1. The van der Waals surface area contributed by atoms with Gasteiger partial charge in [-0.15, -0.1) is 0 Å². The monoisotopic (exact) mass is 420 g/mol. The standard InChI is InChI=1S/C22H28N8O/c1-12-3-19(29-28-12)25-18-6-17(16-10-23-30(2)11-16)24-21(26-18)27-20-14-4-13-5-15(20)9-22(31,7-13)8-14/h3,6,10-11,13-15,20,31H,4-5,7-9H2,1-2H3,(H3,24,25,26,27,28,29). The van der Waals surface area contributed by atoms with Gasteiger partial charge in [0.1, 0.15) is 5.82 Å². The lowest BCUT2D eigenvalue weighted by atomic mass is 9.52. The molecule has 31 heavy (non-hydrogen) atoms. The molecule has 3 aromatic heterocycles. The lowest BCUT2D eigenvalue weighted by Gasteiger charge is -2.58. The van der Waals surface area contributed by atoms with Gasteiger partial charge in [0.2, 0.25) is 5.95 Å². The summed E-state index contributed by atoms with van der Waals surface area (Å²) in [6, 6.07) is 4.17. The molecule has 0 saturated heterocycles. The Kier molecular flexibility index (Phi) is 4.11. The normalized spacial score (nSPS) is 31.2. The summed E-state index contributed by atoms with van der Waals surface area (Å²) in [6.45, 7) is 1.96.